The number of unbranched alkanes of at least 4 members (excludes halogenated alkanes) is 1. The SMILES string of the molecule is CCCC[C@H](c1ccc(C)c(F)c1)N1CCNCC1.Cl. The third kappa shape index (κ3) is 4.44. The van der Waals surface area contributed by atoms with Gasteiger partial charge in [-0.15, -0.1) is 12.4 Å². The quantitative estimate of drug-likeness (QED) is 0.892. The molecule has 0 amide bonds. The van der Waals surface area contributed by atoms with E-state index >= 15 is 0 Å². The third-order valence-corrected chi connectivity index (χ3v) is 4.00. The summed E-state index contributed by atoms with van der Waals surface area (Å²) in [6, 6.07) is 6.11. The van der Waals surface area contributed by atoms with Crippen molar-refractivity contribution in [3.05, 3.63) is 35.1 Å². The van der Waals surface area contributed by atoms with Crippen molar-refractivity contribution in [3.8, 4) is 0 Å². The number of benzene rings is 1. The first-order valence-corrected chi connectivity index (χ1v) is 7.43. The number of nitrogens with zero attached hydrogens (tertiary/aromatic N) is 1. The van der Waals surface area contributed by atoms with Crippen LogP contribution in [-0.2, 0) is 0 Å². The number of hydrogen-bond acceptors (Lipinski definition) is 2. The molecule has 0 spiro atoms. The Balaban J connectivity index is 0.00000200. The van der Waals surface area contributed by atoms with Crippen LogP contribution in [0.1, 0.15) is 43.4 Å². The molecule has 0 aliphatic carbocycles. The van der Waals surface area contributed by atoms with Crippen LogP contribution in [0.2, 0.25) is 0 Å². The van der Waals surface area contributed by atoms with E-state index in [0.29, 0.717) is 6.04 Å². The van der Waals surface area contributed by atoms with Crippen LogP contribution < -0.4 is 5.32 Å². The summed E-state index contributed by atoms with van der Waals surface area (Å²) >= 11 is 0. The normalized spacial score (nSPS) is 17.6. The van der Waals surface area contributed by atoms with E-state index < -0.39 is 0 Å². The Hall–Kier alpha value is -0.640. The summed E-state index contributed by atoms with van der Waals surface area (Å²) in [4.78, 5) is 2.50. The Morgan fingerprint density at radius 3 is 2.60 bits per heavy atom. The third-order valence-electron chi connectivity index (χ3n) is 4.00. The van der Waals surface area contributed by atoms with Gasteiger partial charge in [0.1, 0.15) is 5.82 Å². The Kier molecular flexibility index (Phi) is 7.49. The van der Waals surface area contributed by atoms with Gasteiger partial charge < -0.3 is 5.32 Å². The Bertz CT molecular complexity index is 405. The standard InChI is InChI=1S/C16H25FN2.ClH/c1-3-4-5-16(19-10-8-18-9-11-19)14-7-6-13(2)15(17)12-14;/h6-7,12,16,18H,3-5,8-11H2,1-2H3;1H/t16-;/m1./s1. The van der Waals surface area contributed by atoms with Crippen LogP contribution in [0, 0.1) is 12.7 Å². The molecule has 1 fully saturated rings. The first kappa shape index (κ1) is 17.4. The lowest BCUT2D eigenvalue weighted by atomic mass is 9.97. The fourth-order valence-corrected chi connectivity index (χ4v) is 2.77. The Morgan fingerprint density at radius 1 is 1.30 bits per heavy atom. The second-order valence-electron chi connectivity index (χ2n) is 5.45. The largest absolute Gasteiger partial charge is 0.314 e. The van der Waals surface area contributed by atoms with Gasteiger partial charge in [-0.05, 0) is 30.5 Å². The van der Waals surface area contributed by atoms with Crippen LogP contribution in [0.15, 0.2) is 18.2 Å². The summed E-state index contributed by atoms with van der Waals surface area (Å²) in [7, 11) is 0. The zero-order valence-electron chi connectivity index (χ0n) is 12.5. The van der Waals surface area contributed by atoms with Crippen molar-refractivity contribution >= 4 is 12.4 Å². The van der Waals surface area contributed by atoms with E-state index in [-0.39, 0.29) is 18.2 Å². The van der Waals surface area contributed by atoms with Gasteiger partial charge in [0.2, 0.25) is 0 Å². The van der Waals surface area contributed by atoms with E-state index in [2.05, 4.69) is 23.2 Å². The van der Waals surface area contributed by atoms with Gasteiger partial charge in [0.25, 0.3) is 0 Å². The molecule has 1 aliphatic heterocycles. The second kappa shape index (κ2) is 8.60. The topological polar surface area (TPSA) is 15.3 Å². The number of hydrogen-bond donors (Lipinski definition) is 1. The maximum absolute atomic E-state index is 13.8. The number of nitrogens with one attached hydrogen (secondary N) is 1. The minimum absolute atomic E-state index is 0. The smallest absolute Gasteiger partial charge is 0.126 e. The number of aryl methyl sites for hydroxylation is 1. The van der Waals surface area contributed by atoms with Gasteiger partial charge in [-0.3, -0.25) is 4.90 Å². The van der Waals surface area contributed by atoms with Crippen LogP contribution >= 0.6 is 12.4 Å². The van der Waals surface area contributed by atoms with Gasteiger partial charge in [0.15, 0.2) is 0 Å². The van der Waals surface area contributed by atoms with E-state index in [1.807, 2.05) is 13.0 Å². The lowest BCUT2D eigenvalue weighted by molar-refractivity contribution is 0.163. The van der Waals surface area contributed by atoms with Crippen LogP contribution in [-0.4, -0.2) is 31.1 Å². The predicted molar refractivity (Wildman–Crippen MR) is 85.1 cm³/mol. The highest BCUT2D eigenvalue weighted by Gasteiger charge is 2.22. The van der Waals surface area contributed by atoms with E-state index in [9.17, 15) is 4.39 Å². The zero-order chi connectivity index (χ0) is 13.7. The molecular formula is C16H26ClFN2. The van der Waals surface area contributed by atoms with E-state index in [0.717, 1.165) is 43.7 Å². The van der Waals surface area contributed by atoms with Crippen LogP contribution in [0.4, 0.5) is 4.39 Å². The van der Waals surface area contributed by atoms with Crippen LogP contribution in [0.5, 0.6) is 0 Å². The van der Waals surface area contributed by atoms with Gasteiger partial charge >= 0.3 is 0 Å². The summed E-state index contributed by atoms with van der Waals surface area (Å²) in [6.45, 7) is 8.23. The van der Waals surface area contributed by atoms with Crippen LogP contribution in [0.3, 0.4) is 0 Å². The summed E-state index contributed by atoms with van der Waals surface area (Å²) in [6.07, 6.45) is 3.51. The van der Waals surface area contributed by atoms with Crippen molar-refractivity contribution in [2.24, 2.45) is 0 Å². The zero-order valence-corrected chi connectivity index (χ0v) is 13.3. The summed E-state index contributed by atoms with van der Waals surface area (Å²) in [5.41, 5.74) is 1.87. The lowest BCUT2D eigenvalue weighted by Gasteiger charge is -2.35. The second-order valence-corrected chi connectivity index (χ2v) is 5.45. The molecule has 0 unspecified atom stereocenters. The molecule has 1 aromatic carbocycles. The van der Waals surface area contributed by atoms with Crippen LogP contribution in [0.25, 0.3) is 0 Å². The van der Waals surface area contributed by atoms with Gasteiger partial charge in [0.05, 0.1) is 0 Å². The fraction of sp³-hybridized carbons (Fsp3) is 0.625. The van der Waals surface area contributed by atoms with E-state index in [4.69, 9.17) is 0 Å². The highest BCUT2D eigenvalue weighted by molar-refractivity contribution is 5.85. The van der Waals surface area contributed by atoms with Crippen molar-refractivity contribution in [2.45, 2.75) is 39.2 Å². The average Bonchev–Trinajstić information content (AvgIpc) is 2.44. The van der Waals surface area contributed by atoms with Crippen molar-refractivity contribution in [2.75, 3.05) is 26.2 Å². The number of rotatable bonds is 5. The fourth-order valence-electron chi connectivity index (χ4n) is 2.77. The molecular weight excluding hydrogens is 275 g/mol. The summed E-state index contributed by atoms with van der Waals surface area (Å²) in [5.74, 6) is -0.0749. The molecule has 0 bridgehead atoms. The molecule has 1 aromatic rings. The maximum atomic E-state index is 13.8. The van der Waals surface area contributed by atoms with Gasteiger partial charge in [-0.2, -0.15) is 0 Å². The monoisotopic (exact) mass is 300 g/mol. The van der Waals surface area contributed by atoms with Gasteiger partial charge in [0, 0.05) is 32.2 Å². The van der Waals surface area contributed by atoms with Crippen molar-refractivity contribution in [3.63, 3.8) is 0 Å². The summed E-state index contributed by atoms with van der Waals surface area (Å²) < 4.78 is 13.8. The molecule has 4 heteroatoms. The minimum atomic E-state index is -0.0749. The number of piperazine rings is 1. The molecule has 1 heterocycles. The van der Waals surface area contributed by atoms with Gasteiger partial charge in [-0.1, -0.05) is 31.9 Å². The molecule has 0 aromatic heterocycles. The van der Waals surface area contributed by atoms with Crippen molar-refractivity contribution in [1.29, 1.82) is 0 Å². The molecule has 1 N–H and O–H groups in total. The molecule has 0 radical (unpaired) electrons. The molecule has 1 saturated heterocycles. The molecule has 114 valence electrons. The average molecular weight is 301 g/mol. The highest BCUT2D eigenvalue weighted by Crippen LogP contribution is 2.27. The highest BCUT2D eigenvalue weighted by atomic mass is 35.5. The van der Waals surface area contributed by atoms with E-state index in [1.165, 1.54) is 12.8 Å². The molecule has 1 aliphatic rings. The Labute approximate surface area is 128 Å². The van der Waals surface area contributed by atoms with Gasteiger partial charge in [-0.25, -0.2) is 4.39 Å². The molecule has 1 atom stereocenters. The first-order chi connectivity index (χ1) is 9.22. The molecule has 0 saturated carbocycles. The van der Waals surface area contributed by atoms with Crippen molar-refractivity contribution < 1.29 is 4.39 Å². The summed E-state index contributed by atoms with van der Waals surface area (Å²) in [5, 5.41) is 3.38. The first-order valence-electron chi connectivity index (χ1n) is 7.43. The van der Waals surface area contributed by atoms with Crippen molar-refractivity contribution in [1.82, 2.24) is 10.2 Å². The Morgan fingerprint density at radius 2 is 2.00 bits per heavy atom. The lowest BCUT2D eigenvalue weighted by Crippen LogP contribution is -2.45. The molecule has 2 rings (SSSR count). The number of halogens is 2. The minimum Gasteiger partial charge on any atom is -0.314 e. The predicted octanol–water partition coefficient (Wildman–Crippen LogP) is 3.69. The molecule has 20 heavy (non-hydrogen) atoms. The van der Waals surface area contributed by atoms with E-state index in [1.54, 1.807) is 6.07 Å². The maximum Gasteiger partial charge on any atom is 0.126 e. The molecule has 2 nitrogen and oxygen atoms in total.